The number of hydrogen-bond donors (Lipinski definition) is 0. The van der Waals surface area contributed by atoms with Crippen molar-refractivity contribution < 1.29 is 4.79 Å². The second kappa shape index (κ2) is 1.00. The molecule has 0 heterocycles. The van der Waals surface area contributed by atoms with Gasteiger partial charge in [0, 0.05) is 11.8 Å². The van der Waals surface area contributed by atoms with Gasteiger partial charge < -0.3 is 0 Å². The van der Waals surface area contributed by atoms with Crippen molar-refractivity contribution in [1.29, 1.82) is 0 Å². The summed E-state index contributed by atoms with van der Waals surface area (Å²) in [6, 6.07) is 0. The fourth-order valence-corrected chi connectivity index (χ4v) is 2.46. The summed E-state index contributed by atoms with van der Waals surface area (Å²) in [5.41, 5.74) is 0. The van der Waals surface area contributed by atoms with Crippen LogP contribution in [0.5, 0.6) is 0 Å². The Balaban J connectivity index is 2.20. The molecule has 4 aliphatic rings. The van der Waals surface area contributed by atoms with Gasteiger partial charge in [-0.2, -0.15) is 0 Å². The van der Waals surface area contributed by atoms with Crippen LogP contribution in [0.4, 0.5) is 0 Å². The van der Waals surface area contributed by atoms with Crippen LogP contribution in [0.2, 0.25) is 0 Å². The van der Waals surface area contributed by atoms with Gasteiger partial charge in [-0.25, -0.2) is 0 Å². The van der Waals surface area contributed by atoms with Crippen LogP contribution in [-0.2, 0) is 4.79 Å². The van der Waals surface area contributed by atoms with E-state index in [1.165, 1.54) is 6.42 Å². The summed E-state index contributed by atoms with van der Waals surface area (Å²) in [6.07, 6.45) is 5.52. The van der Waals surface area contributed by atoms with Crippen LogP contribution in [0.1, 0.15) is 6.42 Å². The first kappa shape index (κ1) is 4.26. The normalized spacial score (nSPS) is 58.4. The highest BCUT2D eigenvalue weighted by Gasteiger charge is 2.62. The Morgan fingerprint density at radius 1 is 1.44 bits per heavy atom. The number of ketones is 1. The average molecular weight is 120 g/mol. The van der Waals surface area contributed by atoms with Gasteiger partial charge in [-0.05, 0) is 18.3 Å². The van der Waals surface area contributed by atoms with Crippen LogP contribution in [0.3, 0.4) is 0 Å². The summed E-state index contributed by atoms with van der Waals surface area (Å²) < 4.78 is 0. The molecule has 0 radical (unpaired) electrons. The molecule has 0 aliphatic heterocycles. The van der Waals surface area contributed by atoms with E-state index >= 15 is 0 Å². The van der Waals surface area contributed by atoms with Gasteiger partial charge in [-0.3, -0.25) is 4.79 Å². The van der Waals surface area contributed by atoms with Crippen molar-refractivity contribution in [2.45, 2.75) is 6.42 Å². The lowest BCUT2D eigenvalue weighted by atomic mass is 9.92. The van der Waals surface area contributed by atoms with Crippen molar-refractivity contribution in [2.75, 3.05) is 0 Å². The second-order valence-electron chi connectivity index (χ2n) is 3.40. The molecule has 2 saturated carbocycles. The van der Waals surface area contributed by atoms with Crippen LogP contribution in [0, 0.1) is 23.7 Å². The molecule has 0 amide bonds. The van der Waals surface area contributed by atoms with Crippen molar-refractivity contribution in [3.05, 3.63) is 12.2 Å². The zero-order chi connectivity index (χ0) is 6.01. The number of hydrogen-bond acceptors (Lipinski definition) is 1. The van der Waals surface area contributed by atoms with Crippen molar-refractivity contribution >= 4 is 5.78 Å². The Morgan fingerprint density at radius 2 is 2.33 bits per heavy atom. The van der Waals surface area contributed by atoms with E-state index in [2.05, 4.69) is 12.2 Å². The van der Waals surface area contributed by atoms with E-state index in [-0.39, 0.29) is 0 Å². The minimum Gasteiger partial charge on any atom is -0.299 e. The van der Waals surface area contributed by atoms with E-state index in [1.807, 2.05) is 0 Å². The molecule has 4 aliphatic carbocycles. The van der Waals surface area contributed by atoms with E-state index in [9.17, 15) is 4.79 Å². The molecule has 9 heavy (non-hydrogen) atoms. The Hall–Kier alpha value is -0.590. The van der Waals surface area contributed by atoms with Gasteiger partial charge in [-0.15, -0.1) is 0 Å². The molecule has 2 fully saturated rings. The Kier molecular flexibility index (Phi) is 0.476. The molecule has 0 saturated heterocycles. The number of allylic oxidation sites excluding steroid dienone is 2. The van der Waals surface area contributed by atoms with Crippen molar-refractivity contribution in [1.82, 2.24) is 0 Å². The highest BCUT2D eigenvalue weighted by molar-refractivity contribution is 5.92. The molecule has 4 atom stereocenters. The molecule has 1 heteroatoms. The maximum absolute atomic E-state index is 11.2. The summed E-state index contributed by atoms with van der Waals surface area (Å²) in [5.74, 6) is 2.83. The van der Waals surface area contributed by atoms with Crippen molar-refractivity contribution in [3.8, 4) is 0 Å². The molecule has 4 bridgehead atoms. The third kappa shape index (κ3) is 0.311. The summed E-state index contributed by atoms with van der Waals surface area (Å²) in [5, 5.41) is 0. The van der Waals surface area contributed by atoms with Crippen LogP contribution in [0.25, 0.3) is 0 Å². The van der Waals surface area contributed by atoms with Gasteiger partial charge in [0.15, 0.2) is 0 Å². The molecule has 0 aromatic rings. The monoisotopic (exact) mass is 120 g/mol. The maximum atomic E-state index is 11.2. The SMILES string of the molecule is O=C1[C@@H]2C=C[C@@H]3C(C2)[C@H]13. The van der Waals surface area contributed by atoms with Crippen molar-refractivity contribution in [3.63, 3.8) is 0 Å². The van der Waals surface area contributed by atoms with E-state index in [0.29, 0.717) is 23.5 Å². The molecule has 0 spiro atoms. The third-order valence-electron chi connectivity index (χ3n) is 3.02. The Labute approximate surface area is 53.7 Å². The molecule has 0 aromatic carbocycles. The fourth-order valence-electron chi connectivity index (χ4n) is 2.46. The number of Topliss-reactive ketones (excluding diaryl/α,β-unsaturated/α-hetero) is 1. The van der Waals surface area contributed by atoms with Crippen LogP contribution >= 0.6 is 0 Å². The van der Waals surface area contributed by atoms with E-state index in [4.69, 9.17) is 0 Å². The van der Waals surface area contributed by atoms with Crippen LogP contribution < -0.4 is 0 Å². The molecule has 1 nitrogen and oxygen atoms in total. The summed E-state index contributed by atoms with van der Waals surface area (Å²) in [4.78, 5) is 11.2. The maximum Gasteiger partial charge on any atom is 0.143 e. The zero-order valence-electron chi connectivity index (χ0n) is 5.08. The molecule has 1 unspecified atom stereocenters. The van der Waals surface area contributed by atoms with E-state index in [1.54, 1.807) is 0 Å². The molecular weight excluding hydrogens is 112 g/mol. The minimum absolute atomic E-state index is 0.338. The van der Waals surface area contributed by atoms with Gasteiger partial charge in [0.1, 0.15) is 5.78 Å². The first-order chi connectivity index (χ1) is 4.38. The largest absolute Gasteiger partial charge is 0.299 e. The fraction of sp³-hybridized carbons (Fsp3) is 0.625. The van der Waals surface area contributed by atoms with Crippen LogP contribution in [-0.4, -0.2) is 5.78 Å². The van der Waals surface area contributed by atoms with Gasteiger partial charge in [0.05, 0.1) is 0 Å². The van der Waals surface area contributed by atoms with Crippen LogP contribution in [0.15, 0.2) is 12.2 Å². The molecule has 46 valence electrons. The standard InChI is InChI=1S/C8H8O/c9-8-4-1-2-5-6(3-4)7(5)8/h1-2,4-7H,3H2/t4-,5-,6?,7-/m1/s1. The van der Waals surface area contributed by atoms with E-state index in [0.717, 1.165) is 5.92 Å². The molecule has 4 rings (SSSR count). The van der Waals surface area contributed by atoms with Crippen molar-refractivity contribution in [2.24, 2.45) is 23.7 Å². The lowest BCUT2D eigenvalue weighted by Crippen LogP contribution is -2.14. The van der Waals surface area contributed by atoms with Gasteiger partial charge in [-0.1, -0.05) is 12.2 Å². The quantitative estimate of drug-likeness (QED) is 0.436. The first-order valence-corrected chi connectivity index (χ1v) is 3.60. The number of carbonyl (C=O) groups is 1. The summed E-state index contributed by atoms with van der Waals surface area (Å²) >= 11 is 0. The topological polar surface area (TPSA) is 17.1 Å². The Morgan fingerprint density at radius 3 is 2.67 bits per heavy atom. The smallest absolute Gasteiger partial charge is 0.143 e. The van der Waals surface area contributed by atoms with Gasteiger partial charge in [0.2, 0.25) is 0 Å². The second-order valence-corrected chi connectivity index (χ2v) is 3.40. The van der Waals surface area contributed by atoms with E-state index < -0.39 is 0 Å². The highest BCUT2D eigenvalue weighted by Crippen LogP contribution is 2.61. The zero-order valence-corrected chi connectivity index (χ0v) is 5.08. The Bertz CT molecular complexity index is 217. The average Bonchev–Trinajstić information content (AvgIpc) is 2.52. The molecular formula is C8H8O. The van der Waals surface area contributed by atoms with Gasteiger partial charge >= 0.3 is 0 Å². The molecule has 0 aromatic heterocycles. The van der Waals surface area contributed by atoms with Gasteiger partial charge in [0.25, 0.3) is 0 Å². The lowest BCUT2D eigenvalue weighted by molar-refractivity contribution is -0.121. The highest BCUT2D eigenvalue weighted by atomic mass is 16.1. The predicted octanol–water partition coefficient (Wildman–Crippen LogP) is 1.01. The first-order valence-electron chi connectivity index (χ1n) is 3.60. The predicted molar refractivity (Wildman–Crippen MR) is 32.7 cm³/mol. The third-order valence-corrected chi connectivity index (χ3v) is 3.02. The summed E-state index contributed by atoms with van der Waals surface area (Å²) in [6.45, 7) is 0. The lowest BCUT2D eigenvalue weighted by Gasteiger charge is -2.11. The summed E-state index contributed by atoms with van der Waals surface area (Å²) in [7, 11) is 0. The number of carbonyl (C=O) groups excluding carboxylic acids is 1. The minimum atomic E-state index is 0.338. The molecule has 0 N–H and O–H groups in total. The number of rotatable bonds is 0.